The minimum atomic E-state index is 0.0470. The first-order chi connectivity index (χ1) is 8.62. The highest BCUT2D eigenvalue weighted by Crippen LogP contribution is 2.28. The van der Waals surface area contributed by atoms with E-state index in [2.05, 4.69) is 41.3 Å². The molecule has 2 aromatic rings. The highest BCUT2D eigenvalue weighted by Gasteiger charge is 2.25. The molecule has 1 N–H and O–H groups in total. The van der Waals surface area contributed by atoms with E-state index in [1.165, 1.54) is 0 Å². The average molecular weight is 257 g/mol. The smallest absolute Gasteiger partial charge is 0.161 e. The van der Waals surface area contributed by atoms with E-state index in [0.717, 1.165) is 27.5 Å². The molecular weight excluding hydrogens is 242 g/mol. The van der Waals surface area contributed by atoms with Crippen molar-refractivity contribution in [1.29, 1.82) is 0 Å². The first-order valence-electron chi connectivity index (χ1n) is 5.97. The van der Waals surface area contributed by atoms with Gasteiger partial charge in [-0.15, -0.1) is 0 Å². The van der Waals surface area contributed by atoms with Gasteiger partial charge in [0.1, 0.15) is 0 Å². The molecule has 0 atom stereocenters. The van der Waals surface area contributed by atoms with Gasteiger partial charge in [-0.2, -0.15) is 0 Å². The molecule has 1 aliphatic heterocycles. The number of fused-ring (bicyclic) bond motifs is 1. The quantitative estimate of drug-likeness (QED) is 0.849. The summed E-state index contributed by atoms with van der Waals surface area (Å²) in [5, 5.41) is 5.52. The van der Waals surface area contributed by atoms with Crippen LogP contribution in [-0.2, 0) is 0 Å². The van der Waals surface area contributed by atoms with Crippen LogP contribution in [0.2, 0.25) is 0 Å². The summed E-state index contributed by atoms with van der Waals surface area (Å²) in [5.74, 6) is 1.03. The largest absolute Gasteiger partial charge is 0.335 e. The predicted octanol–water partition coefficient (Wildman–Crippen LogP) is 3.53. The van der Waals surface area contributed by atoms with Gasteiger partial charge in [0, 0.05) is 23.0 Å². The summed E-state index contributed by atoms with van der Waals surface area (Å²) < 4.78 is 0. The minimum Gasteiger partial charge on any atom is -0.335 e. The van der Waals surface area contributed by atoms with Crippen molar-refractivity contribution < 1.29 is 0 Å². The molecule has 0 unspecified atom stereocenters. The summed E-state index contributed by atoms with van der Waals surface area (Å²) in [6.45, 7) is 4.30. The maximum Gasteiger partial charge on any atom is 0.161 e. The van der Waals surface area contributed by atoms with Crippen molar-refractivity contribution in [2.45, 2.75) is 19.4 Å². The van der Waals surface area contributed by atoms with Crippen molar-refractivity contribution in [2.75, 3.05) is 11.1 Å². The second-order valence-electron chi connectivity index (χ2n) is 5.05. The van der Waals surface area contributed by atoms with Crippen LogP contribution in [0, 0.1) is 0 Å². The van der Waals surface area contributed by atoms with Gasteiger partial charge in [0.2, 0.25) is 0 Å². The summed E-state index contributed by atoms with van der Waals surface area (Å²) in [5.41, 5.74) is 2.13. The normalized spacial score (nSPS) is 17.8. The first-order valence-corrected chi connectivity index (χ1v) is 6.95. The highest BCUT2D eigenvalue weighted by molar-refractivity contribution is 8.14. The molecule has 1 aliphatic rings. The van der Waals surface area contributed by atoms with Crippen LogP contribution in [0.3, 0.4) is 0 Å². The van der Waals surface area contributed by atoms with E-state index < -0.39 is 0 Å². The van der Waals surface area contributed by atoms with Gasteiger partial charge in [-0.05, 0) is 38.1 Å². The molecule has 4 heteroatoms. The maximum atomic E-state index is 4.65. The third-order valence-electron chi connectivity index (χ3n) is 2.82. The van der Waals surface area contributed by atoms with Gasteiger partial charge in [-0.25, -0.2) is 0 Å². The number of hydrogen-bond acceptors (Lipinski definition) is 4. The lowest BCUT2D eigenvalue weighted by molar-refractivity contribution is 0.605. The van der Waals surface area contributed by atoms with Crippen LogP contribution in [0.5, 0.6) is 0 Å². The molecule has 0 radical (unpaired) electrons. The van der Waals surface area contributed by atoms with Gasteiger partial charge in [0.15, 0.2) is 5.17 Å². The fourth-order valence-electron chi connectivity index (χ4n) is 1.93. The second kappa shape index (κ2) is 4.28. The lowest BCUT2D eigenvalue weighted by Crippen LogP contribution is -2.15. The van der Waals surface area contributed by atoms with Crippen LogP contribution < -0.4 is 5.32 Å². The molecule has 3 rings (SSSR count). The number of nitrogens with zero attached hydrogens (tertiary/aromatic N) is 2. The highest BCUT2D eigenvalue weighted by atomic mass is 32.2. The number of rotatable bonds is 1. The van der Waals surface area contributed by atoms with Crippen LogP contribution in [0.25, 0.3) is 10.9 Å². The number of anilines is 1. The summed E-state index contributed by atoms with van der Waals surface area (Å²) in [7, 11) is 0. The topological polar surface area (TPSA) is 37.3 Å². The number of pyridine rings is 1. The Morgan fingerprint density at radius 1 is 1.28 bits per heavy atom. The molecule has 0 bridgehead atoms. The number of benzene rings is 1. The van der Waals surface area contributed by atoms with Crippen LogP contribution >= 0.6 is 11.8 Å². The maximum absolute atomic E-state index is 4.65. The molecule has 2 heterocycles. The third kappa shape index (κ3) is 2.34. The van der Waals surface area contributed by atoms with Crippen molar-refractivity contribution in [3.63, 3.8) is 0 Å². The van der Waals surface area contributed by atoms with Crippen molar-refractivity contribution in [3.05, 3.63) is 36.5 Å². The molecule has 1 aromatic carbocycles. The lowest BCUT2D eigenvalue weighted by Gasteiger charge is -2.09. The van der Waals surface area contributed by atoms with Crippen molar-refractivity contribution in [1.82, 2.24) is 4.98 Å². The molecule has 18 heavy (non-hydrogen) atoms. The number of aromatic nitrogens is 1. The van der Waals surface area contributed by atoms with Gasteiger partial charge in [0.05, 0.1) is 11.1 Å². The Bertz CT molecular complexity index is 619. The zero-order chi connectivity index (χ0) is 12.6. The fourth-order valence-corrected chi connectivity index (χ4v) is 2.98. The summed E-state index contributed by atoms with van der Waals surface area (Å²) in [6.07, 6.45) is 1.81. The molecule has 1 aromatic heterocycles. The Labute approximate surface area is 111 Å². The summed E-state index contributed by atoms with van der Waals surface area (Å²) >= 11 is 1.77. The van der Waals surface area contributed by atoms with E-state index in [1.54, 1.807) is 11.8 Å². The molecule has 0 aliphatic carbocycles. The number of amidine groups is 1. The SMILES string of the molecule is CC1(C)CSC(Nc2ccc3ncccc3c2)=N1. The Kier molecular flexibility index (Phi) is 2.74. The minimum absolute atomic E-state index is 0.0470. The average Bonchev–Trinajstić information content (AvgIpc) is 2.68. The van der Waals surface area contributed by atoms with Crippen molar-refractivity contribution in [2.24, 2.45) is 4.99 Å². The van der Waals surface area contributed by atoms with Crippen LogP contribution in [0.1, 0.15) is 13.8 Å². The molecule has 0 spiro atoms. The van der Waals surface area contributed by atoms with Gasteiger partial charge in [0.25, 0.3) is 0 Å². The Hall–Kier alpha value is -1.55. The van der Waals surface area contributed by atoms with Gasteiger partial charge in [-0.3, -0.25) is 9.98 Å². The van der Waals surface area contributed by atoms with E-state index in [0.29, 0.717) is 0 Å². The molecule has 0 saturated carbocycles. The zero-order valence-corrected chi connectivity index (χ0v) is 11.3. The fraction of sp³-hybridized carbons (Fsp3) is 0.286. The monoisotopic (exact) mass is 257 g/mol. The van der Waals surface area contributed by atoms with Gasteiger partial charge >= 0.3 is 0 Å². The van der Waals surface area contributed by atoms with E-state index in [4.69, 9.17) is 0 Å². The summed E-state index contributed by atoms with van der Waals surface area (Å²) in [4.78, 5) is 8.96. The number of aliphatic imine (C=N–C) groups is 1. The van der Waals surface area contributed by atoms with E-state index >= 15 is 0 Å². The van der Waals surface area contributed by atoms with E-state index in [-0.39, 0.29) is 5.54 Å². The third-order valence-corrected chi connectivity index (χ3v) is 4.14. The Balaban J connectivity index is 1.87. The zero-order valence-electron chi connectivity index (χ0n) is 10.5. The molecular formula is C14H15N3S. The number of thioether (sulfide) groups is 1. The van der Waals surface area contributed by atoms with Crippen molar-refractivity contribution >= 4 is 33.5 Å². The predicted molar refractivity (Wildman–Crippen MR) is 79.3 cm³/mol. The van der Waals surface area contributed by atoms with E-state index in [1.807, 2.05) is 24.4 Å². The second-order valence-corrected chi connectivity index (χ2v) is 6.02. The number of hydrogen-bond donors (Lipinski definition) is 1. The number of nitrogens with one attached hydrogen (secondary N) is 1. The molecule has 0 amide bonds. The molecule has 92 valence electrons. The van der Waals surface area contributed by atoms with Crippen LogP contribution in [-0.4, -0.2) is 21.4 Å². The molecule has 3 nitrogen and oxygen atoms in total. The van der Waals surface area contributed by atoms with E-state index in [9.17, 15) is 0 Å². The first kappa shape index (κ1) is 11.5. The lowest BCUT2D eigenvalue weighted by atomic mass is 10.1. The van der Waals surface area contributed by atoms with Crippen LogP contribution in [0.4, 0.5) is 5.69 Å². The Morgan fingerprint density at radius 3 is 2.94 bits per heavy atom. The standard InChI is InChI=1S/C14H15N3S/c1-14(2)9-18-13(17-14)16-11-5-6-12-10(8-11)4-3-7-15-12/h3-8H,9H2,1-2H3,(H,16,17). The van der Waals surface area contributed by atoms with Crippen molar-refractivity contribution in [3.8, 4) is 0 Å². The van der Waals surface area contributed by atoms with Gasteiger partial charge < -0.3 is 5.32 Å². The van der Waals surface area contributed by atoms with Gasteiger partial charge in [-0.1, -0.05) is 17.8 Å². The Morgan fingerprint density at radius 2 is 2.17 bits per heavy atom. The molecule has 0 saturated heterocycles. The molecule has 0 fully saturated rings. The van der Waals surface area contributed by atoms with Crippen LogP contribution in [0.15, 0.2) is 41.5 Å². The summed E-state index contributed by atoms with van der Waals surface area (Å²) in [6, 6.07) is 10.2.